The molecule has 1 aromatic carbocycles. The van der Waals surface area contributed by atoms with Gasteiger partial charge in [-0.25, -0.2) is 0 Å². The number of benzene rings is 1. The van der Waals surface area contributed by atoms with Crippen molar-refractivity contribution >= 4 is 21.0 Å². The number of aromatic nitrogens is 1. The molecule has 0 amide bonds. The summed E-state index contributed by atoms with van der Waals surface area (Å²) in [5.74, 6) is -0.388. The third-order valence-corrected chi connectivity index (χ3v) is 3.26. The van der Waals surface area contributed by atoms with Crippen molar-refractivity contribution in [2.45, 2.75) is 12.4 Å². The van der Waals surface area contributed by atoms with Crippen LogP contribution in [-0.4, -0.2) is 18.9 Å². The Labute approximate surface area is 107 Å². The largest absolute Gasteiger partial charge is 0.534 e. The van der Waals surface area contributed by atoms with E-state index in [2.05, 4.69) is 9.17 Å². The van der Waals surface area contributed by atoms with Crippen LogP contribution in [0.2, 0.25) is 0 Å². The summed E-state index contributed by atoms with van der Waals surface area (Å²) in [4.78, 5) is 4.07. The highest BCUT2D eigenvalue weighted by molar-refractivity contribution is 7.88. The van der Waals surface area contributed by atoms with E-state index in [1.165, 1.54) is 13.0 Å². The number of aryl methyl sites for hydroxylation is 1. The van der Waals surface area contributed by atoms with Crippen LogP contribution < -0.4 is 4.18 Å². The van der Waals surface area contributed by atoms with Crippen molar-refractivity contribution in [1.29, 1.82) is 0 Å². The summed E-state index contributed by atoms with van der Waals surface area (Å²) in [5, 5.41) is 0.195. The van der Waals surface area contributed by atoms with E-state index in [-0.39, 0.29) is 11.1 Å². The van der Waals surface area contributed by atoms with E-state index < -0.39 is 15.6 Å². The van der Waals surface area contributed by atoms with Gasteiger partial charge in [-0.05, 0) is 19.1 Å². The molecule has 0 atom stereocenters. The number of halogens is 3. The number of para-hydroxylation sites is 1. The predicted octanol–water partition coefficient (Wildman–Crippen LogP) is 2.77. The molecule has 0 saturated carbocycles. The summed E-state index contributed by atoms with van der Waals surface area (Å²) >= 11 is 0. The van der Waals surface area contributed by atoms with Crippen LogP contribution in [0.4, 0.5) is 13.2 Å². The predicted molar refractivity (Wildman–Crippen MR) is 62.1 cm³/mol. The maximum absolute atomic E-state index is 12.3. The van der Waals surface area contributed by atoms with Crippen LogP contribution in [0.5, 0.6) is 5.75 Å². The minimum absolute atomic E-state index is 0.195. The molecule has 0 fully saturated rings. The van der Waals surface area contributed by atoms with E-state index in [9.17, 15) is 21.6 Å². The molecule has 0 aliphatic rings. The van der Waals surface area contributed by atoms with Crippen LogP contribution in [0.3, 0.4) is 0 Å². The first kappa shape index (κ1) is 13.6. The molecule has 8 heteroatoms. The number of fused-ring (bicyclic) bond motifs is 1. The minimum atomic E-state index is -5.69. The van der Waals surface area contributed by atoms with Gasteiger partial charge in [-0.1, -0.05) is 12.1 Å². The minimum Gasteiger partial charge on any atom is -0.375 e. The van der Waals surface area contributed by atoms with Gasteiger partial charge in [-0.3, -0.25) is 4.98 Å². The summed E-state index contributed by atoms with van der Waals surface area (Å²) < 4.78 is 63.1. The van der Waals surface area contributed by atoms with Crippen LogP contribution in [0.1, 0.15) is 5.69 Å². The van der Waals surface area contributed by atoms with E-state index in [1.54, 1.807) is 18.2 Å². The second-order valence-electron chi connectivity index (χ2n) is 3.76. The first-order chi connectivity index (χ1) is 8.71. The average molecular weight is 291 g/mol. The number of rotatable bonds is 2. The molecule has 0 bridgehead atoms. The highest BCUT2D eigenvalue weighted by atomic mass is 32.2. The Hall–Kier alpha value is -1.83. The van der Waals surface area contributed by atoms with Crippen molar-refractivity contribution in [2.24, 2.45) is 0 Å². The molecular formula is C11H8F3NO3S. The van der Waals surface area contributed by atoms with Crippen molar-refractivity contribution in [1.82, 2.24) is 4.98 Å². The fraction of sp³-hybridized carbons (Fsp3) is 0.182. The lowest BCUT2D eigenvalue weighted by Gasteiger charge is -2.11. The quantitative estimate of drug-likeness (QED) is 0.630. The second-order valence-corrected chi connectivity index (χ2v) is 5.30. The smallest absolute Gasteiger partial charge is 0.375 e. The SMILES string of the molecule is Cc1cc(OS(=O)(=O)C(F)(F)F)c2ccccc2n1. The molecule has 19 heavy (non-hydrogen) atoms. The molecule has 1 heterocycles. The molecule has 0 aliphatic carbocycles. The molecule has 2 rings (SSSR count). The highest BCUT2D eigenvalue weighted by Crippen LogP contribution is 2.31. The van der Waals surface area contributed by atoms with E-state index in [0.717, 1.165) is 6.07 Å². The van der Waals surface area contributed by atoms with E-state index in [1.807, 2.05) is 0 Å². The van der Waals surface area contributed by atoms with Gasteiger partial charge in [-0.15, -0.1) is 0 Å². The number of hydrogen-bond acceptors (Lipinski definition) is 4. The molecule has 0 aliphatic heterocycles. The van der Waals surface area contributed by atoms with Gasteiger partial charge in [0.1, 0.15) is 0 Å². The number of hydrogen-bond donors (Lipinski definition) is 0. The number of nitrogens with zero attached hydrogens (tertiary/aromatic N) is 1. The normalized spacial score (nSPS) is 12.6. The number of alkyl halides is 3. The van der Waals surface area contributed by atoms with Crippen LogP contribution in [0, 0.1) is 6.92 Å². The van der Waals surface area contributed by atoms with Crippen LogP contribution in [0.25, 0.3) is 10.9 Å². The molecule has 2 aromatic rings. The van der Waals surface area contributed by atoms with Crippen molar-refractivity contribution in [3.63, 3.8) is 0 Å². The van der Waals surface area contributed by atoms with E-state index >= 15 is 0 Å². The molecular weight excluding hydrogens is 283 g/mol. The van der Waals surface area contributed by atoms with Gasteiger partial charge in [0, 0.05) is 17.1 Å². The lowest BCUT2D eigenvalue weighted by Crippen LogP contribution is -2.28. The Morgan fingerprint density at radius 2 is 1.84 bits per heavy atom. The van der Waals surface area contributed by atoms with Gasteiger partial charge in [0.05, 0.1) is 5.52 Å². The molecule has 4 nitrogen and oxygen atoms in total. The van der Waals surface area contributed by atoms with Crippen molar-refractivity contribution in [2.75, 3.05) is 0 Å². The Morgan fingerprint density at radius 1 is 1.21 bits per heavy atom. The lowest BCUT2D eigenvalue weighted by atomic mass is 10.2. The fourth-order valence-corrected chi connectivity index (χ4v) is 1.97. The van der Waals surface area contributed by atoms with Crippen molar-refractivity contribution < 1.29 is 25.8 Å². The van der Waals surface area contributed by atoms with Crippen LogP contribution >= 0.6 is 0 Å². The van der Waals surface area contributed by atoms with Crippen LogP contribution in [0.15, 0.2) is 30.3 Å². The van der Waals surface area contributed by atoms with Gasteiger partial charge >= 0.3 is 15.6 Å². The molecule has 102 valence electrons. The fourth-order valence-electron chi connectivity index (χ4n) is 1.50. The summed E-state index contributed by atoms with van der Waals surface area (Å²) in [5.41, 5.74) is -4.76. The summed E-state index contributed by atoms with van der Waals surface area (Å²) in [6.45, 7) is 1.53. The molecule has 0 saturated heterocycles. The Kier molecular flexibility index (Phi) is 3.13. The van der Waals surface area contributed by atoms with Crippen molar-refractivity contribution in [3.05, 3.63) is 36.0 Å². The third-order valence-electron chi connectivity index (χ3n) is 2.29. The van der Waals surface area contributed by atoms with E-state index in [4.69, 9.17) is 0 Å². The Balaban J connectivity index is 2.58. The van der Waals surface area contributed by atoms with Gasteiger partial charge in [-0.2, -0.15) is 21.6 Å². The van der Waals surface area contributed by atoms with Gasteiger partial charge in [0.25, 0.3) is 0 Å². The van der Waals surface area contributed by atoms with Gasteiger partial charge in [0.15, 0.2) is 5.75 Å². The molecule has 0 radical (unpaired) electrons. The van der Waals surface area contributed by atoms with Gasteiger partial charge in [0.2, 0.25) is 0 Å². The van der Waals surface area contributed by atoms with E-state index in [0.29, 0.717) is 11.2 Å². The number of pyridine rings is 1. The summed E-state index contributed by atoms with van der Waals surface area (Å²) in [6.07, 6.45) is 0. The zero-order valence-corrected chi connectivity index (χ0v) is 10.4. The Bertz CT molecular complexity index is 726. The molecule has 0 spiro atoms. The maximum Gasteiger partial charge on any atom is 0.534 e. The molecule has 1 aromatic heterocycles. The zero-order chi connectivity index (χ0) is 14.3. The van der Waals surface area contributed by atoms with Crippen molar-refractivity contribution in [3.8, 4) is 5.75 Å². The maximum atomic E-state index is 12.3. The first-order valence-corrected chi connectivity index (χ1v) is 6.49. The third kappa shape index (κ3) is 2.62. The molecule has 0 N–H and O–H groups in total. The van der Waals surface area contributed by atoms with Crippen LogP contribution in [-0.2, 0) is 10.1 Å². The standard InChI is InChI=1S/C11H8F3NO3S/c1-7-6-10(18-19(16,17)11(12,13)14)8-4-2-3-5-9(8)15-7/h2-6H,1H3. The van der Waals surface area contributed by atoms with Gasteiger partial charge < -0.3 is 4.18 Å². The highest BCUT2D eigenvalue weighted by Gasteiger charge is 2.48. The lowest BCUT2D eigenvalue weighted by molar-refractivity contribution is -0.0499. The topological polar surface area (TPSA) is 56.3 Å². The second kappa shape index (κ2) is 4.37. The first-order valence-electron chi connectivity index (χ1n) is 5.08. The Morgan fingerprint density at radius 3 is 2.47 bits per heavy atom. The monoisotopic (exact) mass is 291 g/mol. The average Bonchev–Trinajstić information content (AvgIpc) is 2.26. The summed E-state index contributed by atoms with van der Waals surface area (Å²) in [7, 11) is -5.69. The zero-order valence-electron chi connectivity index (χ0n) is 9.60. The summed E-state index contributed by atoms with van der Waals surface area (Å²) in [6, 6.07) is 7.31. The molecule has 0 unspecified atom stereocenters.